The molecule has 19 heavy (non-hydrogen) atoms. The number of allylic oxidation sites excluding steroid dienone is 2. The number of ketones is 2. The Morgan fingerprint density at radius 3 is 2.47 bits per heavy atom. The van der Waals surface area contributed by atoms with Crippen molar-refractivity contribution in [1.82, 2.24) is 0 Å². The van der Waals surface area contributed by atoms with E-state index in [2.05, 4.69) is 11.9 Å². The molecular formula is C16H25NO2. The molecule has 1 atom stereocenters. The van der Waals surface area contributed by atoms with Gasteiger partial charge >= 0.3 is 0 Å². The normalized spacial score (nSPS) is 19.4. The van der Waals surface area contributed by atoms with Gasteiger partial charge in [0.15, 0.2) is 5.78 Å². The fourth-order valence-corrected chi connectivity index (χ4v) is 2.53. The molecule has 0 spiro atoms. The van der Waals surface area contributed by atoms with E-state index < -0.39 is 0 Å². The molecule has 0 radical (unpaired) electrons. The molecule has 0 fully saturated rings. The van der Waals surface area contributed by atoms with Gasteiger partial charge in [-0.2, -0.15) is 0 Å². The summed E-state index contributed by atoms with van der Waals surface area (Å²) in [6, 6.07) is 0. The van der Waals surface area contributed by atoms with Crippen LogP contribution in [-0.4, -0.2) is 17.3 Å². The summed E-state index contributed by atoms with van der Waals surface area (Å²) in [5.41, 5.74) is 2.41. The fraction of sp³-hybridized carbons (Fsp3) is 0.688. The molecule has 0 N–H and O–H groups in total. The first-order valence-corrected chi connectivity index (χ1v) is 7.26. The fourth-order valence-electron chi connectivity index (χ4n) is 2.53. The Bertz CT molecular complexity index is 418. The summed E-state index contributed by atoms with van der Waals surface area (Å²) in [6.07, 6.45) is 5.53. The number of aliphatic imine (C=N–C) groups is 1. The van der Waals surface area contributed by atoms with Crippen LogP contribution >= 0.6 is 0 Å². The Hall–Kier alpha value is -1.25. The van der Waals surface area contributed by atoms with Crippen molar-refractivity contribution in [1.29, 1.82) is 0 Å². The lowest BCUT2D eigenvalue weighted by Gasteiger charge is -2.21. The molecular weight excluding hydrogens is 238 g/mol. The number of Topliss-reactive ketones (excluding diaryl/α,β-unsaturated/α-hetero) is 2. The monoisotopic (exact) mass is 263 g/mol. The molecule has 106 valence electrons. The first kappa shape index (κ1) is 15.8. The van der Waals surface area contributed by atoms with E-state index in [0.717, 1.165) is 29.8 Å². The van der Waals surface area contributed by atoms with Crippen molar-refractivity contribution in [3.63, 3.8) is 0 Å². The zero-order chi connectivity index (χ0) is 14.4. The van der Waals surface area contributed by atoms with E-state index in [-0.39, 0.29) is 17.5 Å². The summed E-state index contributed by atoms with van der Waals surface area (Å²) in [5.74, 6) is 0.0828. The maximum Gasteiger partial charge on any atom is 0.160 e. The molecule has 0 aliphatic carbocycles. The highest BCUT2D eigenvalue weighted by atomic mass is 16.1. The topological polar surface area (TPSA) is 46.5 Å². The molecule has 0 aromatic heterocycles. The van der Waals surface area contributed by atoms with Crippen molar-refractivity contribution in [3.8, 4) is 0 Å². The first-order valence-electron chi connectivity index (χ1n) is 7.26. The molecule has 3 nitrogen and oxygen atoms in total. The van der Waals surface area contributed by atoms with E-state index in [9.17, 15) is 9.59 Å². The first-order chi connectivity index (χ1) is 8.97. The van der Waals surface area contributed by atoms with Crippen molar-refractivity contribution < 1.29 is 9.59 Å². The predicted molar refractivity (Wildman–Crippen MR) is 78.4 cm³/mol. The number of unbranched alkanes of at least 4 members (excludes halogenated alkanes) is 3. The van der Waals surface area contributed by atoms with Gasteiger partial charge in [0, 0.05) is 23.4 Å². The molecule has 3 heteroatoms. The molecule has 1 aliphatic rings. The predicted octanol–water partition coefficient (Wildman–Crippen LogP) is 3.87. The minimum atomic E-state index is -0.196. The van der Waals surface area contributed by atoms with Gasteiger partial charge in [-0.05, 0) is 33.6 Å². The largest absolute Gasteiger partial charge is 0.299 e. The second kappa shape index (κ2) is 7.37. The maximum atomic E-state index is 12.2. The summed E-state index contributed by atoms with van der Waals surface area (Å²) >= 11 is 0. The van der Waals surface area contributed by atoms with Crippen LogP contribution in [-0.2, 0) is 9.59 Å². The highest BCUT2D eigenvalue weighted by Crippen LogP contribution is 2.26. The maximum absolute atomic E-state index is 12.2. The second-order valence-electron chi connectivity index (χ2n) is 5.42. The summed E-state index contributed by atoms with van der Waals surface area (Å²) in [6.45, 7) is 7.48. The lowest BCUT2D eigenvalue weighted by Crippen LogP contribution is -2.26. The van der Waals surface area contributed by atoms with Crippen molar-refractivity contribution in [2.75, 3.05) is 0 Å². The van der Waals surface area contributed by atoms with Crippen LogP contribution in [0.15, 0.2) is 16.3 Å². The van der Waals surface area contributed by atoms with Crippen LogP contribution in [0, 0.1) is 5.92 Å². The summed E-state index contributed by atoms with van der Waals surface area (Å²) in [4.78, 5) is 28.2. The molecule has 1 heterocycles. The van der Waals surface area contributed by atoms with Gasteiger partial charge in [0.2, 0.25) is 0 Å². The van der Waals surface area contributed by atoms with Crippen LogP contribution in [0.1, 0.15) is 66.2 Å². The standard InChI is InChI=1S/C16H25NO2/c1-5-6-7-8-9-16(19)15-10-14(13(4)18)11(2)17-12(15)3/h14H,5-10H2,1-4H3. The van der Waals surface area contributed by atoms with Gasteiger partial charge in [-0.25, -0.2) is 0 Å². The molecule has 0 amide bonds. The van der Waals surface area contributed by atoms with E-state index in [1.165, 1.54) is 12.8 Å². The Morgan fingerprint density at radius 2 is 1.89 bits per heavy atom. The van der Waals surface area contributed by atoms with Crippen LogP contribution in [0.3, 0.4) is 0 Å². The summed E-state index contributed by atoms with van der Waals surface area (Å²) < 4.78 is 0. The molecule has 1 unspecified atom stereocenters. The molecule has 1 aliphatic heterocycles. The minimum absolute atomic E-state index is 0.102. The number of nitrogens with zero attached hydrogens (tertiary/aromatic N) is 1. The molecule has 0 saturated heterocycles. The van der Waals surface area contributed by atoms with Crippen molar-refractivity contribution >= 4 is 17.3 Å². The third kappa shape index (κ3) is 4.41. The third-order valence-electron chi connectivity index (χ3n) is 3.78. The lowest BCUT2D eigenvalue weighted by atomic mass is 9.86. The second-order valence-corrected chi connectivity index (χ2v) is 5.42. The van der Waals surface area contributed by atoms with E-state index in [4.69, 9.17) is 0 Å². The molecule has 1 rings (SSSR count). The van der Waals surface area contributed by atoms with Gasteiger partial charge in [0.1, 0.15) is 5.78 Å². The Balaban J connectivity index is 2.68. The third-order valence-corrected chi connectivity index (χ3v) is 3.78. The Kier molecular flexibility index (Phi) is 6.13. The number of hydrogen-bond donors (Lipinski definition) is 0. The van der Waals surface area contributed by atoms with Crippen LogP contribution in [0.25, 0.3) is 0 Å². The zero-order valence-electron chi connectivity index (χ0n) is 12.6. The van der Waals surface area contributed by atoms with Gasteiger partial charge in [0.25, 0.3) is 0 Å². The number of carbonyl (C=O) groups excluding carboxylic acids is 2. The molecule has 0 aromatic rings. The van der Waals surface area contributed by atoms with Gasteiger partial charge < -0.3 is 0 Å². The van der Waals surface area contributed by atoms with Gasteiger partial charge in [-0.3, -0.25) is 14.6 Å². The van der Waals surface area contributed by atoms with E-state index in [1.54, 1.807) is 6.92 Å². The summed E-state index contributed by atoms with van der Waals surface area (Å²) in [5, 5.41) is 0. The van der Waals surface area contributed by atoms with Crippen molar-refractivity contribution in [3.05, 3.63) is 11.3 Å². The number of carbonyl (C=O) groups is 2. The van der Waals surface area contributed by atoms with Crippen molar-refractivity contribution in [2.24, 2.45) is 10.9 Å². The summed E-state index contributed by atoms with van der Waals surface area (Å²) in [7, 11) is 0. The smallest absolute Gasteiger partial charge is 0.160 e. The minimum Gasteiger partial charge on any atom is -0.299 e. The van der Waals surface area contributed by atoms with E-state index >= 15 is 0 Å². The highest BCUT2D eigenvalue weighted by molar-refractivity contribution is 6.07. The van der Waals surface area contributed by atoms with Crippen LogP contribution in [0.5, 0.6) is 0 Å². The van der Waals surface area contributed by atoms with E-state index in [1.807, 2.05) is 13.8 Å². The van der Waals surface area contributed by atoms with Crippen LogP contribution < -0.4 is 0 Å². The van der Waals surface area contributed by atoms with Gasteiger partial charge in [0.05, 0.1) is 5.92 Å². The number of hydrogen-bond acceptors (Lipinski definition) is 3. The van der Waals surface area contributed by atoms with Gasteiger partial charge in [-0.1, -0.05) is 26.2 Å². The quantitative estimate of drug-likeness (QED) is 0.654. The molecule has 0 aromatic carbocycles. The van der Waals surface area contributed by atoms with Crippen molar-refractivity contribution in [2.45, 2.75) is 66.2 Å². The van der Waals surface area contributed by atoms with Crippen LogP contribution in [0.4, 0.5) is 0 Å². The number of rotatable bonds is 7. The van der Waals surface area contributed by atoms with E-state index in [0.29, 0.717) is 12.8 Å². The molecule has 0 bridgehead atoms. The zero-order valence-corrected chi connectivity index (χ0v) is 12.6. The average Bonchev–Trinajstić information content (AvgIpc) is 2.34. The SMILES string of the molecule is CCCCCCC(=O)C1=C(C)N=C(C)C(C(C)=O)C1. The molecule has 0 saturated carbocycles. The Morgan fingerprint density at radius 1 is 1.21 bits per heavy atom. The lowest BCUT2D eigenvalue weighted by molar-refractivity contribution is -0.119. The van der Waals surface area contributed by atoms with Gasteiger partial charge in [-0.15, -0.1) is 0 Å². The Labute approximate surface area is 116 Å². The van der Waals surface area contributed by atoms with Crippen LogP contribution in [0.2, 0.25) is 0 Å². The highest BCUT2D eigenvalue weighted by Gasteiger charge is 2.27. The average molecular weight is 263 g/mol.